The summed E-state index contributed by atoms with van der Waals surface area (Å²) in [6, 6.07) is 6.94. The molecule has 108 valence electrons. The lowest BCUT2D eigenvalue weighted by Gasteiger charge is -2.24. The number of nitrogens with two attached hydrogens (primary N) is 1. The molecule has 0 aliphatic heterocycles. The van der Waals surface area contributed by atoms with Crippen molar-refractivity contribution >= 4 is 15.9 Å². The van der Waals surface area contributed by atoms with Gasteiger partial charge in [-0.3, -0.25) is 4.31 Å². The molecule has 0 atom stereocenters. The molecule has 0 spiro atoms. The smallest absolute Gasteiger partial charge is 0.301 e. The van der Waals surface area contributed by atoms with E-state index in [9.17, 15) is 8.42 Å². The number of rotatable bonds is 8. The van der Waals surface area contributed by atoms with Gasteiger partial charge in [-0.25, -0.2) is 0 Å². The number of methoxy groups -OCH3 is 1. The van der Waals surface area contributed by atoms with Crippen LogP contribution in [-0.4, -0.2) is 35.2 Å². The van der Waals surface area contributed by atoms with Crippen molar-refractivity contribution in [2.75, 3.05) is 31.0 Å². The average Bonchev–Trinajstić information content (AvgIpc) is 2.39. The standard InChI is InChI=1S/C12H21N3O3S/c1-3-14-19(16,17)15(9-5-8-13)11-6-4-7-12(10-11)18-2/h4,6-7,10,14H,3,5,8-9,13H2,1-2H3. The number of benzene rings is 1. The van der Waals surface area contributed by atoms with Crippen LogP contribution in [0.25, 0.3) is 0 Å². The molecule has 3 N–H and O–H groups in total. The molecule has 0 fully saturated rings. The summed E-state index contributed by atoms with van der Waals surface area (Å²) >= 11 is 0. The van der Waals surface area contributed by atoms with Gasteiger partial charge in [0.2, 0.25) is 0 Å². The first kappa shape index (κ1) is 15.7. The summed E-state index contributed by atoms with van der Waals surface area (Å²) < 4.78 is 33.2. The van der Waals surface area contributed by atoms with Crippen molar-refractivity contribution in [1.82, 2.24) is 4.72 Å². The van der Waals surface area contributed by atoms with Gasteiger partial charge in [0.1, 0.15) is 5.75 Å². The van der Waals surface area contributed by atoms with Crippen LogP contribution in [0.15, 0.2) is 24.3 Å². The van der Waals surface area contributed by atoms with Crippen molar-refractivity contribution in [2.24, 2.45) is 5.73 Å². The van der Waals surface area contributed by atoms with Gasteiger partial charge in [0.15, 0.2) is 0 Å². The topological polar surface area (TPSA) is 84.7 Å². The minimum absolute atomic E-state index is 0.332. The third kappa shape index (κ3) is 4.38. The van der Waals surface area contributed by atoms with E-state index in [4.69, 9.17) is 10.5 Å². The molecule has 0 bridgehead atoms. The zero-order valence-electron chi connectivity index (χ0n) is 11.3. The van der Waals surface area contributed by atoms with Crippen molar-refractivity contribution < 1.29 is 13.2 Å². The van der Waals surface area contributed by atoms with Crippen molar-refractivity contribution in [1.29, 1.82) is 0 Å². The minimum Gasteiger partial charge on any atom is -0.497 e. The monoisotopic (exact) mass is 287 g/mol. The van der Waals surface area contributed by atoms with E-state index >= 15 is 0 Å². The normalized spacial score (nSPS) is 11.3. The molecule has 0 aromatic heterocycles. The Morgan fingerprint density at radius 3 is 2.74 bits per heavy atom. The molecule has 0 heterocycles. The lowest BCUT2D eigenvalue weighted by atomic mass is 10.3. The van der Waals surface area contributed by atoms with E-state index in [1.54, 1.807) is 38.3 Å². The van der Waals surface area contributed by atoms with Crippen molar-refractivity contribution in [3.63, 3.8) is 0 Å². The van der Waals surface area contributed by atoms with Gasteiger partial charge in [0, 0.05) is 19.2 Å². The van der Waals surface area contributed by atoms with Gasteiger partial charge in [-0.15, -0.1) is 0 Å². The summed E-state index contributed by atoms with van der Waals surface area (Å²) in [5, 5.41) is 0. The predicted molar refractivity (Wildman–Crippen MR) is 76.6 cm³/mol. The SMILES string of the molecule is CCNS(=O)(=O)N(CCCN)c1cccc(OC)c1. The summed E-state index contributed by atoms with van der Waals surface area (Å²) in [4.78, 5) is 0. The van der Waals surface area contributed by atoms with Gasteiger partial charge in [0.25, 0.3) is 0 Å². The Morgan fingerprint density at radius 2 is 2.16 bits per heavy atom. The fraction of sp³-hybridized carbons (Fsp3) is 0.500. The zero-order valence-corrected chi connectivity index (χ0v) is 12.1. The quantitative estimate of drug-likeness (QED) is 0.737. The second-order valence-electron chi connectivity index (χ2n) is 3.92. The third-order valence-corrected chi connectivity index (χ3v) is 4.15. The highest BCUT2D eigenvalue weighted by Crippen LogP contribution is 2.23. The number of nitrogens with one attached hydrogen (secondary N) is 1. The number of anilines is 1. The van der Waals surface area contributed by atoms with Crippen LogP contribution in [0.1, 0.15) is 13.3 Å². The maximum absolute atomic E-state index is 12.2. The van der Waals surface area contributed by atoms with Gasteiger partial charge in [-0.2, -0.15) is 13.1 Å². The highest BCUT2D eigenvalue weighted by molar-refractivity contribution is 7.90. The molecule has 0 saturated carbocycles. The van der Waals surface area contributed by atoms with E-state index in [2.05, 4.69) is 4.72 Å². The van der Waals surface area contributed by atoms with Crippen LogP contribution in [-0.2, 0) is 10.2 Å². The molecule has 0 aliphatic rings. The second kappa shape index (κ2) is 7.32. The van der Waals surface area contributed by atoms with Crippen LogP contribution < -0.4 is 19.5 Å². The average molecular weight is 287 g/mol. The lowest BCUT2D eigenvalue weighted by molar-refractivity contribution is 0.415. The largest absolute Gasteiger partial charge is 0.497 e. The number of hydrogen-bond donors (Lipinski definition) is 2. The Labute approximate surface area is 114 Å². The Kier molecular flexibility index (Phi) is 6.07. The molecule has 0 unspecified atom stereocenters. The van der Waals surface area contributed by atoms with Crippen molar-refractivity contribution in [3.8, 4) is 5.75 Å². The van der Waals surface area contributed by atoms with E-state index < -0.39 is 10.2 Å². The molecule has 7 heteroatoms. The first-order valence-electron chi connectivity index (χ1n) is 6.16. The van der Waals surface area contributed by atoms with Gasteiger partial charge < -0.3 is 10.5 Å². The molecule has 0 aliphatic carbocycles. The van der Waals surface area contributed by atoms with Crippen LogP contribution in [0.4, 0.5) is 5.69 Å². The Bertz CT molecular complexity index is 491. The zero-order chi connectivity index (χ0) is 14.3. The van der Waals surface area contributed by atoms with E-state index in [1.807, 2.05) is 0 Å². The molecule has 1 aromatic rings. The fourth-order valence-corrected chi connectivity index (χ4v) is 2.93. The maximum Gasteiger partial charge on any atom is 0.301 e. The summed E-state index contributed by atoms with van der Waals surface area (Å²) in [7, 11) is -2.01. The summed E-state index contributed by atoms with van der Waals surface area (Å²) in [5.74, 6) is 0.613. The van der Waals surface area contributed by atoms with Crippen LogP contribution in [0, 0.1) is 0 Å². The summed E-state index contributed by atoms with van der Waals surface area (Å²) in [5.41, 5.74) is 6.03. The molecule has 0 saturated heterocycles. The third-order valence-electron chi connectivity index (χ3n) is 2.52. The first-order valence-corrected chi connectivity index (χ1v) is 7.60. The van der Waals surface area contributed by atoms with E-state index in [1.165, 1.54) is 4.31 Å². The van der Waals surface area contributed by atoms with E-state index in [0.29, 0.717) is 37.5 Å². The molecular weight excluding hydrogens is 266 g/mol. The second-order valence-corrected chi connectivity index (χ2v) is 5.60. The van der Waals surface area contributed by atoms with E-state index in [-0.39, 0.29) is 0 Å². The predicted octanol–water partition coefficient (Wildman–Crippen LogP) is 0.705. The van der Waals surface area contributed by atoms with Crippen LogP contribution in [0.3, 0.4) is 0 Å². The summed E-state index contributed by atoms with van der Waals surface area (Å²) in [6.45, 7) is 2.84. The highest BCUT2D eigenvalue weighted by atomic mass is 32.2. The van der Waals surface area contributed by atoms with Crippen LogP contribution in [0.2, 0.25) is 0 Å². The number of hydrogen-bond acceptors (Lipinski definition) is 4. The Hall–Kier alpha value is -1.31. The molecule has 1 aromatic carbocycles. The minimum atomic E-state index is -3.55. The Balaban J connectivity index is 3.08. The van der Waals surface area contributed by atoms with Crippen molar-refractivity contribution in [3.05, 3.63) is 24.3 Å². The van der Waals surface area contributed by atoms with Gasteiger partial charge >= 0.3 is 10.2 Å². The lowest BCUT2D eigenvalue weighted by Crippen LogP contribution is -2.41. The fourth-order valence-electron chi connectivity index (χ4n) is 1.65. The van der Waals surface area contributed by atoms with Crippen LogP contribution >= 0.6 is 0 Å². The summed E-state index contributed by atoms with van der Waals surface area (Å²) in [6.07, 6.45) is 0.585. The molecule has 6 nitrogen and oxygen atoms in total. The van der Waals surface area contributed by atoms with Crippen molar-refractivity contribution in [2.45, 2.75) is 13.3 Å². The molecule has 0 amide bonds. The first-order chi connectivity index (χ1) is 9.05. The Morgan fingerprint density at radius 1 is 1.42 bits per heavy atom. The number of ether oxygens (including phenoxy) is 1. The van der Waals surface area contributed by atoms with Gasteiger partial charge in [0.05, 0.1) is 12.8 Å². The molecule has 0 radical (unpaired) electrons. The molecule has 19 heavy (non-hydrogen) atoms. The highest BCUT2D eigenvalue weighted by Gasteiger charge is 2.21. The van der Waals surface area contributed by atoms with Gasteiger partial charge in [-0.1, -0.05) is 13.0 Å². The van der Waals surface area contributed by atoms with Gasteiger partial charge in [-0.05, 0) is 25.1 Å². The number of nitrogens with zero attached hydrogens (tertiary/aromatic N) is 1. The maximum atomic E-state index is 12.2. The molecular formula is C12H21N3O3S. The van der Waals surface area contributed by atoms with Crippen LogP contribution in [0.5, 0.6) is 5.75 Å². The molecule has 1 rings (SSSR count). The van der Waals surface area contributed by atoms with E-state index in [0.717, 1.165) is 0 Å².